The van der Waals surface area contributed by atoms with Gasteiger partial charge in [-0.2, -0.15) is 13.2 Å². The maximum atomic E-state index is 12.8. The normalized spacial score (nSPS) is 21.8. The summed E-state index contributed by atoms with van der Waals surface area (Å²) in [4.78, 5) is 14.4. The quantitative estimate of drug-likeness (QED) is 0.693. The number of nitrogens with one attached hydrogen (secondary N) is 1. The van der Waals surface area contributed by atoms with Gasteiger partial charge in [0.1, 0.15) is 11.5 Å². The van der Waals surface area contributed by atoms with E-state index in [-0.39, 0.29) is 12.0 Å². The lowest BCUT2D eigenvalue weighted by atomic mass is 9.81. The van der Waals surface area contributed by atoms with Gasteiger partial charge in [0.05, 0.1) is 5.56 Å². The topological polar surface area (TPSA) is 41.6 Å². The first-order valence-electron chi connectivity index (χ1n) is 11.4. The van der Waals surface area contributed by atoms with Crippen molar-refractivity contribution in [3.8, 4) is 11.5 Å². The highest BCUT2D eigenvalue weighted by Gasteiger charge is 2.37. The number of halogens is 3. The van der Waals surface area contributed by atoms with E-state index < -0.39 is 11.7 Å². The van der Waals surface area contributed by atoms with Crippen LogP contribution >= 0.6 is 0 Å². The molecule has 0 spiro atoms. The van der Waals surface area contributed by atoms with Crippen LogP contribution in [0, 0.1) is 11.8 Å². The van der Waals surface area contributed by atoms with Gasteiger partial charge in [-0.1, -0.05) is 6.07 Å². The largest absolute Gasteiger partial charge is 0.457 e. The van der Waals surface area contributed by atoms with Gasteiger partial charge < -0.3 is 15.0 Å². The SMILES string of the molecule is O=C(C1CC1)N1CCC(C2NCCc3ccc(Oc4ccc(C(F)(F)F)cc4)cc32)CC1. The van der Waals surface area contributed by atoms with Crippen LogP contribution in [0.5, 0.6) is 11.5 Å². The molecule has 0 radical (unpaired) electrons. The van der Waals surface area contributed by atoms with Crippen molar-refractivity contribution in [2.24, 2.45) is 11.8 Å². The van der Waals surface area contributed by atoms with E-state index in [0.717, 1.165) is 63.9 Å². The molecule has 1 saturated heterocycles. The molecule has 1 amide bonds. The van der Waals surface area contributed by atoms with Gasteiger partial charge >= 0.3 is 6.18 Å². The minimum atomic E-state index is -4.36. The first-order valence-corrected chi connectivity index (χ1v) is 11.4. The molecular formula is C25H27F3N2O2. The molecule has 1 aliphatic carbocycles. The highest BCUT2D eigenvalue weighted by Crippen LogP contribution is 2.39. The average Bonchev–Trinajstić information content (AvgIpc) is 3.64. The fourth-order valence-corrected chi connectivity index (χ4v) is 4.94. The number of fused-ring (bicyclic) bond motifs is 1. The van der Waals surface area contributed by atoms with Crippen LogP contribution in [0.1, 0.15) is 48.4 Å². The molecular weight excluding hydrogens is 417 g/mol. The van der Waals surface area contributed by atoms with Crippen molar-refractivity contribution in [2.75, 3.05) is 19.6 Å². The summed E-state index contributed by atoms with van der Waals surface area (Å²) in [6.45, 7) is 2.54. The molecule has 2 aromatic rings. The molecule has 3 aliphatic rings. The Morgan fingerprint density at radius 2 is 1.66 bits per heavy atom. The monoisotopic (exact) mass is 444 g/mol. The molecule has 2 fully saturated rings. The van der Waals surface area contributed by atoms with Crippen LogP contribution in [-0.4, -0.2) is 30.4 Å². The van der Waals surface area contributed by atoms with Crippen molar-refractivity contribution in [2.45, 2.75) is 44.3 Å². The molecule has 0 aromatic heterocycles. The molecule has 2 heterocycles. The van der Waals surface area contributed by atoms with Gasteiger partial charge in [-0.3, -0.25) is 4.79 Å². The lowest BCUT2D eigenvalue weighted by Gasteiger charge is -2.39. The van der Waals surface area contributed by atoms with Crippen LogP contribution in [-0.2, 0) is 17.4 Å². The van der Waals surface area contributed by atoms with Crippen molar-refractivity contribution >= 4 is 5.91 Å². The maximum absolute atomic E-state index is 12.8. The molecule has 5 rings (SSSR count). The summed E-state index contributed by atoms with van der Waals surface area (Å²) in [5.74, 6) is 2.04. The van der Waals surface area contributed by atoms with Crippen LogP contribution in [0.4, 0.5) is 13.2 Å². The molecule has 1 N–H and O–H groups in total. The third-order valence-electron chi connectivity index (χ3n) is 6.88. The van der Waals surface area contributed by atoms with Crippen LogP contribution in [0.3, 0.4) is 0 Å². The standard InChI is InChI=1S/C25H27F3N2O2/c26-25(27,28)19-4-7-20(8-5-19)32-21-6-3-16-9-12-29-23(22(16)15-21)17-10-13-30(14-11-17)24(31)18-1-2-18/h3-8,15,17-18,23,29H,1-2,9-14H2. The van der Waals surface area contributed by atoms with Crippen LogP contribution in [0.2, 0.25) is 0 Å². The number of amides is 1. The maximum Gasteiger partial charge on any atom is 0.416 e. The molecule has 32 heavy (non-hydrogen) atoms. The van der Waals surface area contributed by atoms with Crippen molar-refractivity contribution in [1.29, 1.82) is 0 Å². The number of rotatable bonds is 4. The molecule has 4 nitrogen and oxygen atoms in total. The molecule has 170 valence electrons. The number of likely N-dealkylation sites (tertiary alicyclic amines) is 1. The van der Waals surface area contributed by atoms with Gasteiger partial charge in [-0.15, -0.1) is 0 Å². The summed E-state index contributed by atoms with van der Waals surface area (Å²) in [7, 11) is 0. The van der Waals surface area contributed by atoms with Crippen LogP contribution in [0.15, 0.2) is 42.5 Å². The number of hydrogen-bond donors (Lipinski definition) is 1. The Balaban J connectivity index is 1.29. The summed E-state index contributed by atoms with van der Waals surface area (Å²) >= 11 is 0. The molecule has 1 saturated carbocycles. The van der Waals surface area contributed by atoms with Gasteiger partial charge in [-0.05, 0) is 92.1 Å². The summed E-state index contributed by atoms with van der Waals surface area (Å²) in [6.07, 6.45) is 0.600. The third-order valence-corrected chi connectivity index (χ3v) is 6.88. The highest BCUT2D eigenvalue weighted by molar-refractivity contribution is 5.81. The second kappa shape index (κ2) is 8.43. The first kappa shape index (κ1) is 21.3. The molecule has 2 aromatic carbocycles. The van der Waals surface area contributed by atoms with E-state index in [9.17, 15) is 18.0 Å². The first-order chi connectivity index (χ1) is 15.4. The number of carbonyl (C=O) groups excluding carboxylic acids is 1. The minimum Gasteiger partial charge on any atom is -0.457 e. The molecule has 0 bridgehead atoms. The van der Waals surface area contributed by atoms with E-state index in [1.54, 1.807) is 0 Å². The Bertz CT molecular complexity index is 978. The van der Waals surface area contributed by atoms with Crippen molar-refractivity contribution < 1.29 is 22.7 Å². The van der Waals surface area contributed by atoms with E-state index in [2.05, 4.69) is 11.4 Å². The third kappa shape index (κ3) is 4.49. The van der Waals surface area contributed by atoms with Gasteiger partial charge in [-0.25, -0.2) is 0 Å². The second-order valence-electron chi connectivity index (χ2n) is 9.10. The number of alkyl halides is 3. The number of carbonyl (C=O) groups is 1. The number of ether oxygens (including phenoxy) is 1. The zero-order valence-corrected chi connectivity index (χ0v) is 17.8. The van der Waals surface area contributed by atoms with Crippen molar-refractivity contribution in [1.82, 2.24) is 10.2 Å². The van der Waals surface area contributed by atoms with Crippen LogP contribution in [0.25, 0.3) is 0 Å². The fraction of sp³-hybridized carbons (Fsp3) is 0.480. The molecule has 2 aliphatic heterocycles. The van der Waals surface area contributed by atoms with Gasteiger partial charge in [0, 0.05) is 25.0 Å². The van der Waals surface area contributed by atoms with Crippen LogP contribution < -0.4 is 10.1 Å². The summed E-state index contributed by atoms with van der Waals surface area (Å²) < 4.78 is 44.3. The number of piperidine rings is 1. The fourth-order valence-electron chi connectivity index (χ4n) is 4.94. The van der Waals surface area contributed by atoms with Crippen molar-refractivity contribution in [3.63, 3.8) is 0 Å². The summed E-state index contributed by atoms with van der Waals surface area (Å²) in [5, 5.41) is 3.66. The predicted octanol–water partition coefficient (Wildman–Crippen LogP) is 5.33. The molecule has 7 heteroatoms. The zero-order valence-electron chi connectivity index (χ0n) is 17.8. The second-order valence-corrected chi connectivity index (χ2v) is 9.10. The Morgan fingerprint density at radius 1 is 0.969 bits per heavy atom. The van der Waals surface area contributed by atoms with E-state index in [0.29, 0.717) is 23.3 Å². The van der Waals surface area contributed by atoms with Crippen molar-refractivity contribution in [3.05, 3.63) is 59.2 Å². The lowest BCUT2D eigenvalue weighted by molar-refractivity contribution is -0.137. The van der Waals surface area contributed by atoms with E-state index in [1.165, 1.54) is 23.3 Å². The van der Waals surface area contributed by atoms with Gasteiger partial charge in [0.2, 0.25) is 5.91 Å². The molecule has 1 unspecified atom stereocenters. The smallest absolute Gasteiger partial charge is 0.416 e. The Morgan fingerprint density at radius 3 is 2.31 bits per heavy atom. The predicted molar refractivity (Wildman–Crippen MR) is 114 cm³/mol. The number of benzene rings is 2. The zero-order chi connectivity index (χ0) is 22.3. The van der Waals surface area contributed by atoms with Gasteiger partial charge in [0.15, 0.2) is 0 Å². The Hall–Kier alpha value is -2.54. The molecule has 1 atom stereocenters. The van der Waals surface area contributed by atoms with Gasteiger partial charge in [0.25, 0.3) is 0 Å². The average molecular weight is 444 g/mol. The highest BCUT2D eigenvalue weighted by atomic mass is 19.4. The van der Waals surface area contributed by atoms with E-state index >= 15 is 0 Å². The number of hydrogen-bond acceptors (Lipinski definition) is 3. The lowest BCUT2D eigenvalue weighted by Crippen LogP contribution is -2.44. The Kier molecular flexibility index (Phi) is 5.61. The summed E-state index contributed by atoms with van der Waals surface area (Å²) in [6, 6.07) is 10.9. The van der Waals surface area contributed by atoms with E-state index in [1.807, 2.05) is 17.0 Å². The minimum absolute atomic E-state index is 0.202. The number of nitrogens with zero attached hydrogens (tertiary/aromatic N) is 1. The van der Waals surface area contributed by atoms with E-state index in [4.69, 9.17) is 4.74 Å². The summed E-state index contributed by atoms with van der Waals surface area (Å²) in [5.41, 5.74) is 1.80. The Labute approximate surface area is 185 Å².